The summed E-state index contributed by atoms with van der Waals surface area (Å²) in [5.41, 5.74) is 0.702. The van der Waals surface area contributed by atoms with Crippen molar-refractivity contribution in [3.8, 4) is 5.75 Å². The van der Waals surface area contributed by atoms with Crippen LogP contribution in [0.1, 0.15) is 16.1 Å². The van der Waals surface area contributed by atoms with Crippen LogP contribution in [0.2, 0.25) is 0 Å². The Morgan fingerprint density at radius 3 is 2.52 bits per heavy atom. The van der Waals surface area contributed by atoms with Crippen molar-refractivity contribution >= 4 is 16.0 Å². The molecule has 1 aromatic heterocycles. The fourth-order valence-corrected chi connectivity index (χ4v) is 3.07. The van der Waals surface area contributed by atoms with Crippen LogP contribution in [0.4, 0.5) is 0 Å². The van der Waals surface area contributed by atoms with Crippen LogP contribution in [0.25, 0.3) is 0 Å². The molecule has 0 aliphatic rings. The van der Waals surface area contributed by atoms with Gasteiger partial charge in [0.1, 0.15) is 17.3 Å². The molecule has 0 amide bonds. The fraction of sp³-hybridized carbons (Fsp3) is 0.286. The average Bonchev–Trinajstić information content (AvgIpc) is 2.85. The van der Waals surface area contributed by atoms with Crippen molar-refractivity contribution in [2.24, 2.45) is 7.05 Å². The van der Waals surface area contributed by atoms with Gasteiger partial charge in [0.05, 0.1) is 17.5 Å². The highest BCUT2D eigenvalue weighted by atomic mass is 32.2. The minimum absolute atomic E-state index is 0.0807. The molecule has 8 nitrogen and oxygen atoms in total. The van der Waals surface area contributed by atoms with E-state index in [9.17, 15) is 13.2 Å². The zero-order valence-corrected chi connectivity index (χ0v) is 13.5. The summed E-state index contributed by atoms with van der Waals surface area (Å²) in [5, 5.41) is 12.7. The number of nitrogens with zero attached hydrogens (tertiary/aromatic N) is 2. The number of sulfonamides is 1. The van der Waals surface area contributed by atoms with Crippen molar-refractivity contribution in [3.05, 3.63) is 41.7 Å². The molecule has 1 aromatic carbocycles. The van der Waals surface area contributed by atoms with Crippen LogP contribution >= 0.6 is 0 Å². The molecule has 0 aliphatic carbocycles. The number of aryl methyl sites for hydroxylation is 1. The van der Waals surface area contributed by atoms with Gasteiger partial charge >= 0.3 is 5.97 Å². The van der Waals surface area contributed by atoms with E-state index in [1.165, 1.54) is 35.1 Å². The minimum Gasteiger partial charge on any atom is -0.492 e. The van der Waals surface area contributed by atoms with Gasteiger partial charge in [-0.3, -0.25) is 4.68 Å². The van der Waals surface area contributed by atoms with Crippen LogP contribution in [0, 0.1) is 6.92 Å². The van der Waals surface area contributed by atoms with Gasteiger partial charge in [-0.15, -0.1) is 0 Å². The number of benzene rings is 1. The quantitative estimate of drug-likeness (QED) is 0.721. The summed E-state index contributed by atoms with van der Waals surface area (Å²) in [6.07, 6.45) is 1.29. The van der Waals surface area contributed by atoms with E-state index in [1.807, 2.05) is 0 Å². The lowest BCUT2D eigenvalue weighted by Gasteiger charge is -2.08. The zero-order chi connectivity index (χ0) is 17.0. The van der Waals surface area contributed by atoms with E-state index in [2.05, 4.69) is 9.82 Å². The highest BCUT2D eigenvalue weighted by molar-refractivity contribution is 7.89. The van der Waals surface area contributed by atoms with E-state index in [1.54, 1.807) is 14.0 Å². The molecule has 124 valence electrons. The Bertz CT molecular complexity index is 796. The second kappa shape index (κ2) is 6.80. The summed E-state index contributed by atoms with van der Waals surface area (Å²) < 4.78 is 33.5. The molecule has 9 heteroatoms. The Morgan fingerprint density at radius 1 is 1.35 bits per heavy atom. The molecule has 2 aromatic rings. The third-order valence-corrected chi connectivity index (χ3v) is 4.81. The smallest absolute Gasteiger partial charge is 0.335 e. The Morgan fingerprint density at radius 2 is 2.00 bits per heavy atom. The molecule has 0 atom stereocenters. The van der Waals surface area contributed by atoms with Crippen LogP contribution in [0.5, 0.6) is 5.75 Å². The summed E-state index contributed by atoms with van der Waals surface area (Å²) in [6, 6.07) is 5.87. The van der Waals surface area contributed by atoms with Gasteiger partial charge in [-0.05, 0) is 31.2 Å². The topological polar surface area (TPSA) is 111 Å². The predicted molar refractivity (Wildman–Crippen MR) is 82.0 cm³/mol. The number of hydrogen-bond donors (Lipinski definition) is 2. The molecule has 0 saturated carbocycles. The highest BCUT2D eigenvalue weighted by Crippen LogP contribution is 2.13. The fourth-order valence-electron chi connectivity index (χ4n) is 1.86. The maximum atomic E-state index is 12.1. The lowest BCUT2D eigenvalue weighted by atomic mass is 10.2. The SMILES string of the molecule is Cc1c(S(=O)(=O)NCCOc2ccc(C(=O)O)cc2)cnn1C. The van der Waals surface area contributed by atoms with Crippen molar-refractivity contribution in [1.29, 1.82) is 0 Å². The molecule has 23 heavy (non-hydrogen) atoms. The lowest BCUT2D eigenvalue weighted by molar-refractivity contribution is 0.0697. The molecule has 0 radical (unpaired) electrons. The molecular formula is C14H17N3O5S. The first-order valence-electron chi connectivity index (χ1n) is 6.75. The molecule has 0 unspecified atom stereocenters. The number of nitrogens with one attached hydrogen (secondary N) is 1. The molecule has 0 aliphatic heterocycles. The number of ether oxygens (including phenoxy) is 1. The van der Waals surface area contributed by atoms with Gasteiger partial charge in [-0.1, -0.05) is 0 Å². The van der Waals surface area contributed by atoms with Gasteiger partial charge in [-0.25, -0.2) is 17.9 Å². The summed E-state index contributed by atoms with van der Waals surface area (Å²) >= 11 is 0. The van der Waals surface area contributed by atoms with Crippen molar-refractivity contribution < 1.29 is 23.1 Å². The number of aromatic carboxylic acids is 1. The van der Waals surface area contributed by atoms with Crippen LogP contribution < -0.4 is 9.46 Å². The second-order valence-electron chi connectivity index (χ2n) is 4.79. The minimum atomic E-state index is -3.63. The number of carboxylic acids is 1. The molecule has 2 rings (SSSR count). The largest absolute Gasteiger partial charge is 0.492 e. The molecule has 0 fully saturated rings. The Balaban J connectivity index is 1.87. The molecule has 0 saturated heterocycles. The molecule has 2 N–H and O–H groups in total. The van der Waals surface area contributed by atoms with Crippen LogP contribution in [-0.2, 0) is 17.1 Å². The highest BCUT2D eigenvalue weighted by Gasteiger charge is 2.19. The first kappa shape index (κ1) is 17.0. The average molecular weight is 339 g/mol. The first-order valence-corrected chi connectivity index (χ1v) is 8.24. The predicted octanol–water partition coefficient (Wildman–Crippen LogP) is 0.784. The van der Waals surface area contributed by atoms with Crippen molar-refractivity contribution in [2.45, 2.75) is 11.8 Å². The molecular weight excluding hydrogens is 322 g/mol. The standard InChI is InChI=1S/C14H17N3O5S/c1-10-13(9-15-17(10)2)23(20,21)16-7-8-22-12-5-3-11(4-6-12)14(18)19/h3-6,9,16H,7-8H2,1-2H3,(H,18,19). The van der Waals surface area contributed by atoms with Gasteiger partial charge in [0, 0.05) is 13.6 Å². The normalized spacial score (nSPS) is 11.4. The number of aromatic nitrogens is 2. The summed E-state index contributed by atoms with van der Waals surface area (Å²) in [5.74, 6) is -0.553. The summed E-state index contributed by atoms with van der Waals surface area (Å²) in [6.45, 7) is 1.87. The second-order valence-corrected chi connectivity index (χ2v) is 6.53. The van der Waals surface area contributed by atoms with Gasteiger partial charge in [0.2, 0.25) is 10.0 Å². The van der Waals surface area contributed by atoms with Gasteiger partial charge in [-0.2, -0.15) is 5.10 Å². The van der Waals surface area contributed by atoms with Gasteiger partial charge in [0.15, 0.2) is 0 Å². The van der Waals surface area contributed by atoms with E-state index in [0.29, 0.717) is 11.4 Å². The van der Waals surface area contributed by atoms with Crippen molar-refractivity contribution in [1.82, 2.24) is 14.5 Å². The van der Waals surface area contributed by atoms with Crippen LogP contribution in [-0.4, -0.2) is 42.4 Å². The van der Waals surface area contributed by atoms with E-state index in [-0.39, 0.29) is 23.6 Å². The van der Waals surface area contributed by atoms with Gasteiger partial charge in [0.25, 0.3) is 0 Å². The Kier molecular flexibility index (Phi) is 5.02. The monoisotopic (exact) mass is 339 g/mol. The third-order valence-electron chi connectivity index (χ3n) is 3.24. The number of carboxylic acid groups (broad SMARTS) is 1. The van der Waals surface area contributed by atoms with E-state index in [4.69, 9.17) is 9.84 Å². The Hall–Kier alpha value is -2.39. The molecule has 0 bridgehead atoms. The first-order chi connectivity index (χ1) is 10.8. The van der Waals surface area contributed by atoms with Crippen molar-refractivity contribution in [3.63, 3.8) is 0 Å². The van der Waals surface area contributed by atoms with Gasteiger partial charge < -0.3 is 9.84 Å². The summed E-state index contributed by atoms with van der Waals surface area (Å²) in [4.78, 5) is 10.9. The number of hydrogen-bond acceptors (Lipinski definition) is 5. The third kappa shape index (κ3) is 4.08. The number of rotatable bonds is 7. The van der Waals surface area contributed by atoms with E-state index >= 15 is 0 Å². The van der Waals surface area contributed by atoms with E-state index < -0.39 is 16.0 Å². The molecule has 1 heterocycles. The lowest BCUT2D eigenvalue weighted by Crippen LogP contribution is -2.28. The molecule has 0 spiro atoms. The Labute approximate surface area is 133 Å². The van der Waals surface area contributed by atoms with E-state index in [0.717, 1.165) is 0 Å². The maximum Gasteiger partial charge on any atom is 0.335 e. The zero-order valence-electron chi connectivity index (χ0n) is 12.7. The number of carbonyl (C=O) groups is 1. The summed E-state index contributed by atoms with van der Waals surface area (Å²) in [7, 11) is -1.97. The van der Waals surface area contributed by atoms with Crippen LogP contribution in [0.15, 0.2) is 35.4 Å². The maximum absolute atomic E-state index is 12.1. The van der Waals surface area contributed by atoms with Crippen LogP contribution in [0.3, 0.4) is 0 Å². The van der Waals surface area contributed by atoms with Crippen molar-refractivity contribution in [2.75, 3.05) is 13.2 Å².